The van der Waals surface area contributed by atoms with Crippen molar-refractivity contribution in [1.82, 2.24) is 25.1 Å². The van der Waals surface area contributed by atoms with E-state index in [1.54, 1.807) is 0 Å². The van der Waals surface area contributed by atoms with Crippen molar-refractivity contribution in [2.24, 2.45) is 5.41 Å². The summed E-state index contributed by atoms with van der Waals surface area (Å²) in [5.74, 6) is -0.683. The third-order valence-corrected chi connectivity index (χ3v) is 7.88. The number of allylic oxidation sites excluding steroid dienone is 1. The molecule has 3 saturated heterocycles. The summed E-state index contributed by atoms with van der Waals surface area (Å²) in [7, 11) is 0. The lowest BCUT2D eigenvalue weighted by atomic mass is 9.87. The van der Waals surface area contributed by atoms with Gasteiger partial charge < -0.3 is 15.1 Å². The standard InChI is InChI=1S/C27H45N5O5/c1-20-7-6-8-21(2)31(20)19-27(4,5)26(36)28-13-11-23(33)30-17-15-29(16-18-30)14-12-25(35)37-32-22(3)9-10-24(32)34/h20-21H,3,6-19H2,1-2,4-5H3,(H,28,36). The molecule has 3 fully saturated rings. The van der Waals surface area contributed by atoms with Gasteiger partial charge in [0.25, 0.3) is 5.91 Å². The van der Waals surface area contributed by atoms with E-state index < -0.39 is 11.4 Å². The lowest BCUT2D eigenvalue weighted by molar-refractivity contribution is -0.187. The van der Waals surface area contributed by atoms with Gasteiger partial charge in [-0.2, -0.15) is 0 Å². The molecule has 3 aliphatic rings. The summed E-state index contributed by atoms with van der Waals surface area (Å²) in [4.78, 5) is 60.9. The van der Waals surface area contributed by atoms with E-state index in [-0.39, 0.29) is 30.6 Å². The van der Waals surface area contributed by atoms with Gasteiger partial charge >= 0.3 is 5.97 Å². The van der Waals surface area contributed by atoms with Crippen LogP contribution in [0.25, 0.3) is 0 Å². The first kappa shape index (κ1) is 29.1. The Morgan fingerprint density at radius 3 is 2.27 bits per heavy atom. The minimum absolute atomic E-state index is 0.0128. The maximum atomic E-state index is 12.9. The number of nitrogens with one attached hydrogen (secondary N) is 1. The van der Waals surface area contributed by atoms with Crippen LogP contribution >= 0.6 is 0 Å². The van der Waals surface area contributed by atoms with Crippen molar-refractivity contribution < 1.29 is 24.0 Å². The molecule has 3 rings (SSSR count). The van der Waals surface area contributed by atoms with E-state index in [2.05, 4.69) is 35.5 Å². The van der Waals surface area contributed by atoms with E-state index in [0.717, 1.165) is 5.06 Å². The van der Waals surface area contributed by atoms with Gasteiger partial charge in [0.05, 0.1) is 17.5 Å². The third-order valence-electron chi connectivity index (χ3n) is 7.88. The van der Waals surface area contributed by atoms with Crippen molar-refractivity contribution in [3.8, 4) is 0 Å². The fraction of sp³-hybridized carbons (Fsp3) is 0.778. The fourth-order valence-electron chi connectivity index (χ4n) is 5.36. The van der Waals surface area contributed by atoms with E-state index in [1.807, 2.05) is 18.7 Å². The van der Waals surface area contributed by atoms with E-state index in [4.69, 9.17) is 4.84 Å². The highest BCUT2D eigenvalue weighted by atomic mass is 16.7. The number of nitrogens with zero attached hydrogens (tertiary/aromatic N) is 4. The van der Waals surface area contributed by atoms with E-state index in [9.17, 15) is 19.2 Å². The van der Waals surface area contributed by atoms with Crippen molar-refractivity contribution in [2.75, 3.05) is 45.8 Å². The fourth-order valence-corrected chi connectivity index (χ4v) is 5.36. The Kier molecular flexibility index (Phi) is 10.1. The van der Waals surface area contributed by atoms with Crippen LogP contribution in [-0.4, -0.2) is 101 Å². The molecule has 0 radical (unpaired) electrons. The molecule has 10 heteroatoms. The Bertz CT molecular complexity index is 841. The van der Waals surface area contributed by atoms with Gasteiger partial charge in [-0.25, -0.2) is 4.79 Å². The number of hydrogen-bond acceptors (Lipinski definition) is 7. The van der Waals surface area contributed by atoms with Crippen molar-refractivity contribution in [1.29, 1.82) is 0 Å². The summed E-state index contributed by atoms with van der Waals surface area (Å²) in [5.41, 5.74) is -0.0123. The molecule has 0 saturated carbocycles. The molecule has 37 heavy (non-hydrogen) atoms. The molecule has 0 aromatic heterocycles. The van der Waals surface area contributed by atoms with Crippen LogP contribution in [0.5, 0.6) is 0 Å². The molecule has 3 heterocycles. The molecule has 2 atom stereocenters. The number of hydrogen-bond donors (Lipinski definition) is 1. The van der Waals surface area contributed by atoms with Crippen LogP contribution in [0, 0.1) is 5.41 Å². The zero-order valence-electron chi connectivity index (χ0n) is 23.1. The Morgan fingerprint density at radius 1 is 1.03 bits per heavy atom. The summed E-state index contributed by atoms with van der Waals surface area (Å²) in [5, 5.41) is 3.99. The Hall–Kier alpha value is -2.46. The quantitative estimate of drug-likeness (QED) is 0.470. The van der Waals surface area contributed by atoms with Gasteiger partial charge in [-0.15, -0.1) is 5.06 Å². The van der Waals surface area contributed by atoms with Crippen molar-refractivity contribution in [2.45, 2.75) is 84.7 Å². The number of likely N-dealkylation sites (tertiary alicyclic amines) is 1. The van der Waals surface area contributed by atoms with Gasteiger partial charge in [0.1, 0.15) is 0 Å². The van der Waals surface area contributed by atoms with Crippen LogP contribution in [0.2, 0.25) is 0 Å². The SMILES string of the molecule is C=C1CCC(=O)N1OC(=O)CCN1CCN(C(=O)CCNC(=O)C(C)(C)CN2C(C)CCCC2C)CC1. The van der Waals surface area contributed by atoms with Crippen LogP contribution < -0.4 is 5.32 Å². The van der Waals surface area contributed by atoms with Crippen LogP contribution in [0.1, 0.15) is 72.6 Å². The second kappa shape index (κ2) is 12.9. The first-order chi connectivity index (χ1) is 17.5. The second-order valence-corrected chi connectivity index (χ2v) is 11.4. The minimum atomic E-state index is -0.523. The summed E-state index contributed by atoms with van der Waals surface area (Å²) < 4.78 is 0. The van der Waals surface area contributed by atoms with E-state index in [1.165, 1.54) is 19.3 Å². The van der Waals surface area contributed by atoms with Crippen LogP contribution in [-0.2, 0) is 24.0 Å². The smallest absolute Gasteiger partial charge is 0.334 e. The minimum Gasteiger partial charge on any atom is -0.355 e. The van der Waals surface area contributed by atoms with E-state index >= 15 is 0 Å². The lowest BCUT2D eigenvalue weighted by Crippen LogP contribution is -2.52. The van der Waals surface area contributed by atoms with Crippen molar-refractivity contribution in [3.05, 3.63) is 12.3 Å². The summed E-state index contributed by atoms with van der Waals surface area (Å²) in [6.45, 7) is 16.2. The number of piperazine rings is 1. The molecule has 1 N–H and O–H groups in total. The highest BCUT2D eigenvalue weighted by molar-refractivity contribution is 5.83. The molecule has 0 spiro atoms. The predicted molar refractivity (Wildman–Crippen MR) is 140 cm³/mol. The summed E-state index contributed by atoms with van der Waals surface area (Å²) >= 11 is 0. The molecule has 3 amide bonds. The normalized spacial score (nSPS) is 23.9. The molecule has 2 unspecified atom stereocenters. The zero-order valence-corrected chi connectivity index (χ0v) is 23.1. The Labute approximate surface area is 221 Å². The monoisotopic (exact) mass is 519 g/mol. The number of carbonyl (C=O) groups excluding carboxylic acids is 4. The van der Waals surface area contributed by atoms with E-state index in [0.29, 0.717) is 76.4 Å². The number of piperidine rings is 1. The lowest BCUT2D eigenvalue weighted by Gasteiger charge is -2.42. The highest BCUT2D eigenvalue weighted by Gasteiger charge is 2.35. The largest absolute Gasteiger partial charge is 0.355 e. The van der Waals surface area contributed by atoms with Crippen LogP contribution in [0.3, 0.4) is 0 Å². The zero-order chi connectivity index (χ0) is 27.2. The van der Waals surface area contributed by atoms with Crippen molar-refractivity contribution >= 4 is 23.7 Å². The van der Waals surface area contributed by atoms with Crippen LogP contribution in [0.4, 0.5) is 0 Å². The number of amides is 3. The Balaban J connectivity index is 1.32. The summed E-state index contributed by atoms with van der Waals surface area (Å²) in [6.07, 6.45) is 4.86. The number of hydroxylamine groups is 2. The third kappa shape index (κ3) is 8.01. The Morgan fingerprint density at radius 2 is 1.68 bits per heavy atom. The molecule has 3 aliphatic heterocycles. The van der Waals surface area contributed by atoms with Crippen molar-refractivity contribution in [3.63, 3.8) is 0 Å². The van der Waals surface area contributed by atoms with Gasteiger partial charge in [0.15, 0.2) is 0 Å². The maximum absolute atomic E-state index is 12.9. The molecule has 208 valence electrons. The average molecular weight is 520 g/mol. The number of carbonyl (C=O) groups is 4. The second-order valence-electron chi connectivity index (χ2n) is 11.4. The highest BCUT2D eigenvalue weighted by Crippen LogP contribution is 2.27. The van der Waals surface area contributed by atoms with Gasteiger partial charge in [0.2, 0.25) is 11.8 Å². The van der Waals surface area contributed by atoms with Gasteiger partial charge in [-0.1, -0.05) is 13.0 Å². The molecular weight excluding hydrogens is 474 g/mol. The molecule has 0 aliphatic carbocycles. The van der Waals surface area contributed by atoms with Gasteiger partial charge in [0, 0.05) is 70.7 Å². The average Bonchev–Trinajstić information content (AvgIpc) is 3.17. The topological polar surface area (TPSA) is 102 Å². The predicted octanol–water partition coefficient (Wildman–Crippen LogP) is 1.91. The van der Waals surface area contributed by atoms with Gasteiger partial charge in [-0.3, -0.25) is 24.2 Å². The molecule has 0 aromatic rings. The molecule has 0 bridgehead atoms. The molecule has 10 nitrogen and oxygen atoms in total. The first-order valence-electron chi connectivity index (χ1n) is 13.7. The first-order valence-corrected chi connectivity index (χ1v) is 13.7. The van der Waals surface area contributed by atoms with Crippen LogP contribution in [0.15, 0.2) is 12.3 Å². The summed E-state index contributed by atoms with van der Waals surface area (Å²) in [6, 6.07) is 0.965. The maximum Gasteiger partial charge on any atom is 0.334 e. The number of rotatable bonds is 10. The molecule has 0 aromatic carbocycles. The molecular formula is C27H45N5O5. The van der Waals surface area contributed by atoms with Gasteiger partial charge in [-0.05, 0) is 47.0 Å².